The molecular formula is C19H31N. The summed E-state index contributed by atoms with van der Waals surface area (Å²) in [5.74, 6) is 2.13. The van der Waals surface area contributed by atoms with Crippen LogP contribution in [0.3, 0.4) is 0 Å². The molecule has 1 aromatic rings. The summed E-state index contributed by atoms with van der Waals surface area (Å²) in [6, 6.07) is 6.77. The summed E-state index contributed by atoms with van der Waals surface area (Å²) in [7, 11) is 0. The molecule has 1 nitrogen and oxygen atoms in total. The molecule has 1 heteroatoms. The first-order chi connectivity index (χ1) is 9.34. The van der Waals surface area contributed by atoms with Gasteiger partial charge < -0.3 is 5.73 Å². The van der Waals surface area contributed by atoms with Crippen LogP contribution in [-0.4, -0.2) is 6.54 Å². The second-order valence-corrected chi connectivity index (χ2v) is 7.77. The molecule has 20 heavy (non-hydrogen) atoms. The third kappa shape index (κ3) is 3.09. The van der Waals surface area contributed by atoms with Gasteiger partial charge in [0.15, 0.2) is 0 Å². The zero-order valence-corrected chi connectivity index (χ0v) is 13.9. The molecule has 2 N–H and O–H groups in total. The molecule has 1 aliphatic rings. The van der Waals surface area contributed by atoms with Gasteiger partial charge in [0.25, 0.3) is 0 Å². The van der Waals surface area contributed by atoms with Crippen molar-refractivity contribution in [2.45, 2.75) is 59.8 Å². The molecule has 1 aromatic carbocycles. The third-order valence-electron chi connectivity index (χ3n) is 5.57. The topological polar surface area (TPSA) is 26.0 Å². The quantitative estimate of drug-likeness (QED) is 0.822. The molecule has 2 rings (SSSR count). The van der Waals surface area contributed by atoms with E-state index in [1.54, 1.807) is 5.56 Å². The van der Waals surface area contributed by atoms with Gasteiger partial charge in [0.2, 0.25) is 0 Å². The summed E-state index contributed by atoms with van der Waals surface area (Å²) in [5, 5.41) is 0. The van der Waals surface area contributed by atoms with E-state index in [4.69, 9.17) is 5.73 Å². The van der Waals surface area contributed by atoms with E-state index in [-0.39, 0.29) is 0 Å². The zero-order chi connectivity index (χ0) is 14.9. The normalized spacial score (nSPS) is 27.6. The fourth-order valence-electron chi connectivity index (χ4n) is 3.86. The van der Waals surface area contributed by atoms with Crippen LogP contribution in [0.25, 0.3) is 0 Å². The van der Waals surface area contributed by atoms with Gasteiger partial charge in [-0.2, -0.15) is 0 Å². The molecule has 3 unspecified atom stereocenters. The van der Waals surface area contributed by atoms with Gasteiger partial charge in [0.05, 0.1) is 0 Å². The molecule has 1 fully saturated rings. The highest BCUT2D eigenvalue weighted by molar-refractivity contribution is 5.36. The first kappa shape index (κ1) is 15.6. The van der Waals surface area contributed by atoms with Crippen molar-refractivity contribution in [3.05, 3.63) is 34.9 Å². The van der Waals surface area contributed by atoms with E-state index in [1.807, 2.05) is 0 Å². The van der Waals surface area contributed by atoms with Crippen LogP contribution in [0, 0.1) is 31.1 Å². The maximum Gasteiger partial charge on any atom is -0.00430 e. The Balaban J connectivity index is 2.32. The Morgan fingerprint density at radius 2 is 1.85 bits per heavy atom. The number of nitrogens with two attached hydrogens (primary N) is 1. The number of rotatable bonds is 2. The van der Waals surface area contributed by atoms with Gasteiger partial charge in [-0.1, -0.05) is 39.0 Å². The van der Waals surface area contributed by atoms with Crippen LogP contribution in [0.2, 0.25) is 0 Å². The third-order valence-corrected chi connectivity index (χ3v) is 5.57. The molecule has 0 aromatic heterocycles. The fourth-order valence-corrected chi connectivity index (χ4v) is 3.86. The Hall–Kier alpha value is -0.820. The van der Waals surface area contributed by atoms with E-state index in [0.717, 1.165) is 12.5 Å². The van der Waals surface area contributed by atoms with E-state index in [1.165, 1.54) is 30.4 Å². The van der Waals surface area contributed by atoms with Crippen molar-refractivity contribution >= 4 is 0 Å². The van der Waals surface area contributed by atoms with Crippen molar-refractivity contribution in [3.8, 4) is 0 Å². The Labute approximate surface area is 125 Å². The van der Waals surface area contributed by atoms with Crippen LogP contribution in [0.1, 0.15) is 62.6 Å². The maximum absolute atomic E-state index is 6.07. The van der Waals surface area contributed by atoms with Gasteiger partial charge in [0.1, 0.15) is 0 Å². The van der Waals surface area contributed by atoms with Gasteiger partial charge >= 0.3 is 0 Å². The highest BCUT2D eigenvalue weighted by Gasteiger charge is 2.36. The maximum atomic E-state index is 6.07. The average molecular weight is 273 g/mol. The average Bonchev–Trinajstić information content (AvgIpc) is 2.40. The summed E-state index contributed by atoms with van der Waals surface area (Å²) in [5.41, 5.74) is 10.9. The highest BCUT2D eigenvalue weighted by atomic mass is 14.6. The van der Waals surface area contributed by atoms with E-state index in [9.17, 15) is 0 Å². The highest BCUT2D eigenvalue weighted by Crippen LogP contribution is 2.47. The molecule has 1 saturated carbocycles. The van der Waals surface area contributed by atoms with E-state index >= 15 is 0 Å². The number of hydrogen-bond acceptors (Lipinski definition) is 1. The van der Waals surface area contributed by atoms with Crippen molar-refractivity contribution in [3.63, 3.8) is 0 Å². The molecule has 0 spiro atoms. The van der Waals surface area contributed by atoms with Crippen molar-refractivity contribution in [2.24, 2.45) is 23.0 Å². The van der Waals surface area contributed by atoms with Crippen LogP contribution in [0.4, 0.5) is 0 Å². The lowest BCUT2D eigenvalue weighted by Gasteiger charge is -2.42. The van der Waals surface area contributed by atoms with Crippen LogP contribution < -0.4 is 5.73 Å². The van der Waals surface area contributed by atoms with Gasteiger partial charge in [-0.05, 0) is 79.5 Å². The first-order valence-electron chi connectivity index (χ1n) is 8.10. The molecule has 0 amide bonds. The Morgan fingerprint density at radius 1 is 1.15 bits per heavy atom. The van der Waals surface area contributed by atoms with Crippen molar-refractivity contribution < 1.29 is 0 Å². The smallest absolute Gasteiger partial charge is 0.00430 e. The number of hydrogen-bond donors (Lipinski definition) is 1. The van der Waals surface area contributed by atoms with Crippen LogP contribution in [-0.2, 0) is 0 Å². The lowest BCUT2D eigenvalue weighted by molar-refractivity contribution is 0.133. The second-order valence-electron chi connectivity index (χ2n) is 7.77. The summed E-state index contributed by atoms with van der Waals surface area (Å²) in [4.78, 5) is 0. The number of benzene rings is 1. The molecule has 3 atom stereocenters. The molecule has 0 aliphatic heterocycles. The monoisotopic (exact) mass is 273 g/mol. The van der Waals surface area contributed by atoms with Crippen LogP contribution in [0.5, 0.6) is 0 Å². The second kappa shape index (κ2) is 5.89. The predicted molar refractivity (Wildman–Crippen MR) is 88.0 cm³/mol. The molecule has 0 heterocycles. The Morgan fingerprint density at radius 3 is 2.45 bits per heavy atom. The molecule has 0 radical (unpaired) electrons. The first-order valence-corrected chi connectivity index (χ1v) is 8.10. The molecule has 1 aliphatic carbocycles. The molecule has 112 valence electrons. The largest absolute Gasteiger partial charge is 0.330 e. The van der Waals surface area contributed by atoms with Gasteiger partial charge in [-0.25, -0.2) is 0 Å². The standard InChI is InChI=1S/C19H31N/c1-13-7-6-8-17(14(13)2)18-11-16(19(3,4)5)10-9-15(18)12-20/h6-8,15-16,18H,9-12,20H2,1-5H3. The number of aryl methyl sites for hydroxylation is 1. The fraction of sp³-hybridized carbons (Fsp3) is 0.684. The lowest BCUT2D eigenvalue weighted by Crippen LogP contribution is -2.34. The Bertz CT molecular complexity index is 455. The summed E-state index contributed by atoms with van der Waals surface area (Å²) in [6.07, 6.45) is 3.93. The van der Waals surface area contributed by atoms with E-state index in [2.05, 4.69) is 52.8 Å². The molecule has 0 saturated heterocycles. The summed E-state index contributed by atoms with van der Waals surface area (Å²) in [6.45, 7) is 12.5. The van der Waals surface area contributed by atoms with Crippen molar-refractivity contribution in [2.75, 3.05) is 6.54 Å². The van der Waals surface area contributed by atoms with E-state index in [0.29, 0.717) is 17.3 Å². The summed E-state index contributed by atoms with van der Waals surface area (Å²) < 4.78 is 0. The SMILES string of the molecule is Cc1cccc(C2CC(C(C)(C)C)CCC2CN)c1C. The predicted octanol–water partition coefficient (Wildman–Crippen LogP) is 4.81. The molecule has 0 bridgehead atoms. The van der Waals surface area contributed by atoms with E-state index < -0.39 is 0 Å². The van der Waals surface area contributed by atoms with Crippen molar-refractivity contribution in [1.82, 2.24) is 0 Å². The zero-order valence-electron chi connectivity index (χ0n) is 13.9. The van der Waals surface area contributed by atoms with Crippen molar-refractivity contribution in [1.29, 1.82) is 0 Å². The van der Waals surface area contributed by atoms with Gasteiger partial charge in [-0.3, -0.25) is 0 Å². The lowest BCUT2D eigenvalue weighted by atomic mass is 9.63. The van der Waals surface area contributed by atoms with Gasteiger partial charge in [0, 0.05) is 0 Å². The minimum atomic E-state index is 0.412. The minimum Gasteiger partial charge on any atom is -0.330 e. The minimum absolute atomic E-state index is 0.412. The molecular weight excluding hydrogens is 242 g/mol. The van der Waals surface area contributed by atoms with Gasteiger partial charge in [-0.15, -0.1) is 0 Å². The van der Waals surface area contributed by atoms with Crippen LogP contribution in [0.15, 0.2) is 18.2 Å². The summed E-state index contributed by atoms with van der Waals surface area (Å²) >= 11 is 0. The Kier molecular flexibility index (Phi) is 4.59. The van der Waals surface area contributed by atoms with Crippen LogP contribution >= 0.6 is 0 Å².